The van der Waals surface area contributed by atoms with E-state index < -0.39 is 10.9 Å². The van der Waals surface area contributed by atoms with Crippen molar-refractivity contribution in [1.82, 2.24) is 0 Å². The van der Waals surface area contributed by atoms with Crippen LogP contribution in [0, 0.1) is 10.1 Å². The van der Waals surface area contributed by atoms with Crippen LogP contribution in [0.4, 0.5) is 5.69 Å². The Morgan fingerprint density at radius 1 is 1.39 bits per heavy atom. The third-order valence-corrected chi connectivity index (χ3v) is 3.29. The average molecular weight is 270 g/mol. The van der Waals surface area contributed by atoms with Crippen LogP contribution in [0.25, 0.3) is 0 Å². The van der Waals surface area contributed by atoms with Crippen LogP contribution >= 0.6 is 11.6 Å². The quantitative estimate of drug-likeness (QED) is 0.479. The Morgan fingerprint density at radius 2 is 2.06 bits per heavy atom. The molecule has 0 amide bonds. The second-order valence-electron chi connectivity index (χ2n) is 4.23. The van der Waals surface area contributed by atoms with Gasteiger partial charge in [-0.3, -0.25) is 10.1 Å². The maximum Gasteiger partial charge on any atom is 0.340 e. The first kappa shape index (κ1) is 12.8. The molecule has 5 nitrogen and oxygen atoms in total. The molecule has 1 saturated carbocycles. The van der Waals surface area contributed by atoms with Crippen molar-refractivity contribution in [2.75, 3.05) is 0 Å². The predicted molar refractivity (Wildman–Crippen MR) is 65.8 cm³/mol. The first-order chi connectivity index (χ1) is 8.58. The van der Waals surface area contributed by atoms with Crippen LogP contribution in [0.3, 0.4) is 0 Å². The van der Waals surface area contributed by atoms with Gasteiger partial charge in [0.25, 0.3) is 5.69 Å². The fourth-order valence-corrected chi connectivity index (χ4v) is 2.20. The minimum Gasteiger partial charge on any atom is -0.459 e. The summed E-state index contributed by atoms with van der Waals surface area (Å²) in [6.45, 7) is 0. The van der Waals surface area contributed by atoms with Crippen LogP contribution in [0.2, 0.25) is 5.02 Å². The fourth-order valence-electron chi connectivity index (χ4n) is 2.00. The Balaban J connectivity index is 2.17. The molecule has 0 heterocycles. The SMILES string of the molecule is O=C(OC1CCCC1)c1cc([N+](=O)[O-])ccc1Cl. The van der Waals surface area contributed by atoms with Gasteiger partial charge in [0, 0.05) is 12.1 Å². The van der Waals surface area contributed by atoms with Gasteiger partial charge < -0.3 is 4.74 Å². The lowest BCUT2D eigenvalue weighted by Crippen LogP contribution is -2.15. The largest absolute Gasteiger partial charge is 0.459 e. The standard InChI is InChI=1S/C12H12ClNO4/c13-11-6-5-8(14(16)17)7-10(11)12(15)18-9-3-1-2-4-9/h5-7,9H,1-4H2. The number of halogens is 1. The number of nitro groups is 1. The summed E-state index contributed by atoms with van der Waals surface area (Å²) in [4.78, 5) is 21.9. The highest BCUT2D eigenvalue weighted by molar-refractivity contribution is 6.33. The summed E-state index contributed by atoms with van der Waals surface area (Å²) < 4.78 is 5.27. The van der Waals surface area contributed by atoms with Gasteiger partial charge in [0.15, 0.2) is 0 Å². The molecule has 0 bridgehead atoms. The molecule has 1 aromatic carbocycles. The summed E-state index contributed by atoms with van der Waals surface area (Å²) in [6, 6.07) is 3.75. The molecule has 18 heavy (non-hydrogen) atoms. The highest BCUT2D eigenvalue weighted by Crippen LogP contribution is 2.26. The van der Waals surface area contributed by atoms with Gasteiger partial charge in [-0.25, -0.2) is 4.79 Å². The first-order valence-electron chi connectivity index (χ1n) is 5.73. The summed E-state index contributed by atoms with van der Waals surface area (Å²) >= 11 is 5.86. The molecule has 6 heteroatoms. The van der Waals surface area contributed by atoms with E-state index in [1.54, 1.807) is 0 Å². The summed E-state index contributed by atoms with van der Waals surface area (Å²) in [5.41, 5.74) is -0.115. The number of non-ortho nitro benzene ring substituents is 1. The Morgan fingerprint density at radius 3 is 2.67 bits per heavy atom. The van der Waals surface area contributed by atoms with Crippen LogP contribution in [0.5, 0.6) is 0 Å². The maximum absolute atomic E-state index is 11.9. The molecule has 0 unspecified atom stereocenters. The van der Waals surface area contributed by atoms with Crippen molar-refractivity contribution in [2.24, 2.45) is 0 Å². The molecule has 1 aromatic rings. The number of carbonyl (C=O) groups is 1. The molecule has 96 valence electrons. The van der Waals surface area contributed by atoms with Crippen molar-refractivity contribution < 1.29 is 14.5 Å². The number of hydrogen-bond donors (Lipinski definition) is 0. The number of nitro benzene ring substituents is 1. The van der Waals surface area contributed by atoms with E-state index in [1.165, 1.54) is 12.1 Å². The highest BCUT2D eigenvalue weighted by Gasteiger charge is 2.23. The van der Waals surface area contributed by atoms with Crippen LogP contribution in [0.1, 0.15) is 36.0 Å². The normalized spacial score (nSPS) is 15.6. The zero-order valence-electron chi connectivity index (χ0n) is 9.60. The summed E-state index contributed by atoms with van der Waals surface area (Å²) in [5.74, 6) is -0.587. The van der Waals surface area contributed by atoms with Gasteiger partial charge in [0.05, 0.1) is 15.5 Å². The highest BCUT2D eigenvalue weighted by atomic mass is 35.5. The van der Waals surface area contributed by atoms with Crippen LogP contribution in [0.15, 0.2) is 18.2 Å². The lowest BCUT2D eigenvalue weighted by atomic mass is 10.2. The number of esters is 1. The van der Waals surface area contributed by atoms with Crippen LogP contribution in [-0.2, 0) is 4.74 Å². The van der Waals surface area contributed by atoms with Gasteiger partial charge in [-0.2, -0.15) is 0 Å². The monoisotopic (exact) mass is 269 g/mol. The third-order valence-electron chi connectivity index (χ3n) is 2.96. The predicted octanol–water partition coefficient (Wildman–Crippen LogP) is 3.35. The van der Waals surface area contributed by atoms with Gasteiger partial charge in [0.2, 0.25) is 0 Å². The van der Waals surface area contributed by atoms with Gasteiger partial charge in [-0.15, -0.1) is 0 Å². The Bertz CT molecular complexity index is 483. The topological polar surface area (TPSA) is 69.4 Å². The zero-order chi connectivity index (χ0) is 13.1. The molecule has 0 aromatic heterocycles. The minimum atomic E-state index is -0.587. The van der Waals surface area contributed by atoms with E-state index in [4.69, 9.17) is 16.3 Å². The molecule has 0 atom stereocenters. The molecular weight excluding hydrogens is 258 g/mol. The van der Waals surface area contributed by atoms with E-state index in [0.29, 0.717) is 0 Å². The molecule has 1 aliphatic carbocycles. The number of rotatable bonds is 3. The van der Waals surface area contributed by atoms with Crippen molar-refractivity contribution in [3.63, 3.8) is 0 Å². The first-order valence-corrected chi connectivity index (χ1v) is 6.10. The van der Waals surface area contributed by atoms with E-state index in [1.807, 2.05) is 0 Å². The smallest absolute Gasteiger partial charge is 0.340 e. The van der Waals surface area contributed by atoms with E-state index in [0.717, 1.165) is 31.7 Å². The molecule has 0 spiro atoms. The Hall–Kier alpha value is -1.62. The number of hydrogen-bond acceptors (Lipinski definition) is 4. The average Bonchev–Trinajstić information content (AvgIpc) is 2.81. The number of nitrogens with zero attached hydrogens (tertiary/aromatic N) is 1. The maximum atomic E-state index is 11.9. The van der Waals surface area contributed by atoms with E-state index in [-0.39, 0.29) is 22.4 Å². The van der Waals surface area contributed by atoms with Crippen molar-refractivity contribution in [2.45, 2.75) is 31.8 Å². The second-order valence-corrected chi connectivity index (χ2v) is 4.64. The Labute approximate surface area is 109 Å². The third kappa shape index (κ3) is 2.79. The van der Waals surface area contributed by atoms with Crippen molar-refractivity contribution in [3.8, 4) is 0 Å². The fraction of sp³-hybridized carbons (Fsp3) is 0.417. The van der Waals surface area contributed by atoms with Crippen molar-refractivity contribution in [3.05, 3.63) is 38.9 Å². The molecular formula is C12H12ClNO4. The van der Waals surface area contributed by atoms with Crippen LogP contribution < -0.4 is 0 Å². The summed E-state index contributed by atoms with van der Waals surface area (Å²) in [6.07, 6.45) is 3.69. The summed E-state index contributed by atoms with van der Waals surface area (Å²) in [5, 5.41) is 10.8. The molecule has 1 aliphatic rings. The molecule has 0 N–H and O–H groups in total. The molecule has 1 fully saturated rings. The van der Waals surface area contributed by atoms with Gasteiger partial charge >= 0.3 is 5.97 Å². The van der Waals surface area contributed by atoms with Gasteiger partial charge in [-0.05, 0) is 31.7 Å². The number of benzene rings is 1. The molecule has 2 rings (SSSR count). The summed E-state index contributed by atoms with van der Waals surface area (Å²) in [7, 11) is 0. The molecule has 0 radical (unpaired) electrons. The zero-order valence-corrected chi connectivity index (χ0v) is 10.4. The Kier molecular flexibility index (Phi) is 3.81. The molecule has 0 saturated heterocycles. The van der Waals surface area contributed by atoms with Gasteiger partial charge in [0.1, 0.15) is 6.10 Å². The number of carbonyl (C=O) groups excluding carboxylic acids is 1. The lowest BCUT2D eigenvalue weighted by molar-refractivity contribution is -0.384. The van der Waals surface area contributed by atoms with Crippen molar-refractivity contribution in [1.29, 1.82) is 0 Å². The lowest BCUT2D eigenvalue weighted by Gasteiger charge is -2.11. The van der Waals surface area contributed by atoms with Crippen molar-refractivity contribution >= 4 is 23.3 Å². The van der Waals surface area contributed by atoms with Crippen LogP contribution in [-0.4, -0.2) is 17.0 Å². The second kappa shape index (κ2) is 5.35. The number of ether oxygens (including phenoxy) is 1. The van der Waals surface area contributed by atoms with E-state index in [2.05, 4.69) is 0 Å². The molecule has 0 aliphatic heterocycles. The van der Waals surface area contributed by atoms with E-state index in [9.17, 15) is 14.9 Å². The van der Waals surface area contributed by atoms with Gasteiger partial charge in [-0.1, -0.05) is 11.6 Å². The minimum absolute atomic E-state index is 0.0535. The van der Waals surface area contributed by atoms with E-state index >= 15 is 0 Å².